The number of hydrogen-bond donors (Lipinski definition) is 3. The first-order valence-corrected chi connectivity index (χ1v) is 7.16. The lowest BCUT2D eigenvalue weighted by molar-refractivity contribution is 0.187. The van der Waals surface area contributed by atoms with E-state index in [1.165, 1.54) is 0 Å². The summed E-state index contributed by atoms with van der Waals surface area (Å²) in [6.07, 6.45) is -0.761. The molecule has 0 heterocycles. The minimum absolute atomic E-state index is 0.140. The largest absolute Gasteiger partial charge is 0.497 e. The van der Waals surface area contributed by atoms with Gasteiger partial charge in [-0.15, -0.1) is 0 Å². The average molecular weight is 315 g/mol. The van der Waals surface area contributed by atoms with Crippen LogP contribution in [0.1, 0.15) is 11.7 Å². The quantitative estimate of drug-likeness (QED) is 0.561. The third-order valence-corrected chi connectivity index (χ3v) is 3.28. The Morgan fingerprint density at radius 3 is 2.70 bits per heavy atom. The fourth-order valence-electron chi connectivity index (χ4n) is 2.06. The molecule has 0 spiro atoms. The summed E-state index contributed by atoms with van der Waals surface area (Å²) in [5, 5.41) is 13.1. The van der Waals surface area contributed by atoms with Crippen LogP contribution in [-0.2, 0) is 0 Å². The van der Waals surface area contributed by atoms with Crippen LogP contribution < -0.4 is 20.5 Å². The van der Waals surface area contributed by atoms with E-state index in [2.05, 4.69) is 10.3 Å². The van der Waals surface area contributed by atoms with Crippen molar-refractivity contribution in [2.75, 3.05) is 26.1 Å². The van der Waals surface area contributed by atoms with E-state index in [0.29, 0.717) is 17.2 Å². The van der Waals surface area contributed by atoms with Crippen LogP contribution >= 0.6 is 0 Å². The van der Waals surface area contributed by atoms with Crippen LogP contribution in [0.25, 0.3) is 0 Å². The number of rotatable bonds is 6. The third kappa shape index (κ3) is 4.62. The third-order valence-electron chi connectivity index (χ3n) is 3.28. The van der Waals surface area contributed by atoms with Crippen molar-refractivity contribution in [1.82, 2.24) is 0 Å². The number of guanidine groups is 1. The van der Waals surface area contributed by atoms with Gasteiger partial charge in [0.15, 0.2) is 5.96 Å². The number of aliphatic hydroxyl groups excluding tert-OH is 1. The molecule has 0 saturated carbocycles. The lowest BCUT2D eigenvalue weighted by Gasteiger charge is -2.12. The molecule has 1 unspecified atom stereocenters. The number of anilines is 1. The predicted molar refractivity (Wildman–Crippen MR) is 91.1 cm³/mol. The van der Waals surface area contributed by atoms with E-state index < -0.39 is 6.10 Å². The van der Waals surface area contributed by atoms with Crippen molar-refractivity contribution >= 4 is 11.6 Å². The Bertz CT molecular complexity index is 674. The normalized spacial score (nSPS) is 12.6. The molecule has 2 aromatic rings. The molecule has 6 heteroatoms. The van der Waals surface area contributed by atoms with Crippen LogP contribution in [-0.4, -0.2) is 31.8 Å². The Hall–Kier alpha value is -2.73. The molecule has 0 aromatic heterocycles. The smallest absolute Gasteiger partial charge is 0.193 e. The summed E-state index contributed by atoms with van der Waals surface area (Å²) in [7, 11) is 3.17. The first-order chi connectivity index (χ1) is 11.1. The van der Waals surface area contributed by atoms with E-state index in [-0.39, 0.29) is 12.5 Å². The minimum Gasteiger partial charge on any atom is -0.497 e. The van der Waals surface area contributed by atoms with Crippen LogP contribution in [0.5, 0.6) is 11.5 Å². The molecule has 0 aliphatic carbocycles. The zero-order valence-corrected chi connectivity index (χ0v) is 13.2. The zero-order chi connectivity index (χ0) is 16.7. The van der Waals surface area contributed by atoms with Gasteiger partial charge >= 0.3 is 0 Å². The van der Waals surface area contributed by atoms with Crippen molar-refractivity contribution < 1.29 is 14.6 Å². The first-order valence-electron chi connectivity index (χ1n) is 7.16. The summed E-state index contributed by atoms with van der Waals surface area (Å²) < 4.78 is 10.4. The highest BCUT2D eigenvalue weighted by atomic mass is 16.5. The lowest BCUT2D eigenvalue weighted by atomic mass is 10.1. The van der Waals surface area contributed by atoms with Crippen LogP contribution in [0.3, 0.4) is 0 Å². The van der Waals surface area contributed by atoms with Gasteiger partial charge in [-0.2, -0.15) is 0 Å². The second-order valence-electron chi connectivity index (χ2n) is 4.84. The van der Waals surface area contributed by atoms with Gasteiger partial charge in [0.05, 0.1) is 32.6 Å². The summed E-state index contributed by atoms with van der Waals surface area (Å²) in [5.41, 5.74) is 7.29. The number of hydrogen-bond acceptors (Lipinski definition) is 4. The molecule has 23 heavy (non-hydrogen) atoms. The topological polar surface area (TPSA) is 89.1 Å². The van der Waals surface area contributed by atoms with Crippen molar-refractivity contribution in [3.05, 3.63) is 54.1 Å². The fraction of sp³-hybridized carbons (Fsp3) is 0.235. The summed E-state index contributed by atoms with van der Waals surface area (Å²) in [6.45, 7) is 0.140. The van der Waals surface area contributed by atoms with E-state index in [9.17, 15) is 5.11 Å². The van der Waals surface area contributed by atoms with Crippen molar-refractivity contribution in [3.63, 3.8) is 0 Å². The molecular weight excluding hydrogens is 294 g/mol. The maximum atomic E-state index is 10.2. The zero-order valence-electron chi connectivity index (χ0n) is 13.2. The van der Waals surface area contributed by atoms with Crippen LogP contribution in [0.2, 0.25) is 0 Å². The van der Waals surface area contributed by atoms with E-state index in [1.807, 2.05) is 42.5 Å². The van der Waals surface area contributed by atoms with Crippen molar-refractivity contribution in [3.8, 4) is 11.5 Å². The Morgan fingerprint density at radius 2 is 1.96 bits per heavy atom. The SMILES string of the molecule is COc1cccc(C(O)CN=C(N)Nc2ccccc2OC)c1. The van der Waals surface area contributed by atoms with Gasteiger partial charge in [0.25, 0.3) is 0 Å². The maximum Gasteiger partial charge on any atom is 0.193 e. The molecule has 0 aliphatic heterocycles. The summed E-state index contributed by atoms with van der Waals surface area (Å²) in [6, 6.07) is 14.6. The molecule has 122 valence electrons. The predicted octanol–water partition coefficient (Wildman–Crippen LogP) is 2.16. The van der Waals surface area contributed by atoms with Gasteiger partial charge < -0.3 is 25.6 Å². The molecule has 2 rings (SSSR count). The number of nitrogens with two attached hydrogens (primary N) is 1. The Balaban J connectivity index is 2.01. The van der Waals surface area contributed by atoms with Gasteiger partial charge in [-0.3, -0.25) is 4.99 Å². The molecule has 0 aliphatic rings. The number of ether oxygens (including phenoxy) is 2. The van der Waals surface area contributed by atoms with Crippen molar-refractivity contribution in [2.45, 2.75) is 6.10 Å². The van der Waals surface area contributed by atoms with Crippen LogP contribution in [0.15, 0.2) is 53.5 Å². The highest BCUT2D eigenvalue weighted by molar-refractivity contribution is 5.93. The Morgan fingerprint density at radius 1 is 1.17 bits per heavy atom. The second kappa shape index (κ2) is 8.05. The maximum absolute atomic E-state index is 10.2. The summed E-state index contributed by atoms with van der Waals surface area (Å²) >= 11 is 0. The molecule has 0 fully saturated rings. The van der Waals surface area contributed by atoms with E-state index in [4.69, 9.17) is 15.2 Å². The van der Waals surface area contributed by atoms with E-state index in [1.54, 1.807) is 20.3 Å². The minimum atomic E-state index is -0.761. The monoisotopic (exact) mass is 315 g/mol. The molecule has 1 atom stereocenters. The molecule has 0 saturated heterocycles. The van der Waals surface area contributed by atoms with Crippen LogP contribution in [0, 0.1) is 0 Å². The number of nitrogens with one attached hydrogen (secondary N) is 1. The van der Waals surface area contributed by atoms with Gasteiger partial charge in [0.2, 0.25) is 0 Å². The number of para-hydroxylation sites is 2. The highest BCUT2D eigenvalue weighted by Gasteiger charge is 2.08. The number of aliphatic imine (C=N–C) groups is 1. The van der Waals surface area contributed by atoms with E-state index in [0.717, 1.165) is 5.56 Å². The molecule has 0 bridgehead atoms. The fourth-order valence-corrected chi connectivity index (χ4v) is 2.06. The van der Waals surface area contributed by atoms with Gasteiger partial charge in [0, 0.05) is 0 Å². The summed E-state index contributed by atoms with van der Waals surface area (Å²) in [5.74, 6) is 1.56. The van der Waals surface area contributed by atoms with E-state index >= 15 is 0 Å². The Labute approximate surface area is 135 Å². The number of methoxy groups -OCH3 is 2. The van der Waals surface area contributed by atoms with Gasteiger partial charge in [-0.25, -0.2) is 0 Å². The molecule has 6 nitrogen and oxygen atoms in total. The van der Waals surface area contributed by atoms with Crippen molar-refractivity contribution in [2.24, 2.45) is 10.7 Å². The molecule has 0 amide bonds. The van der Waals surface area contributed by atoms with Crippen LogP contribution in [0.4, 0.5) is 5.69 Å². The molecule has 0 radical (unpaired) electrons. The van der Waals surface area contributed by atoms with Crippen molar-refractivity contribution in [1.29, 1.82) is 0 Å². The lowest BCUT2D eigenvalue weighted by Crippen LogP contribution is -2.24. The second-order valence-corrected chi connectivity index (χ2v) is 4.84. The molecule has 2 aromatic carbocycles. The summed E-state index contributed by atoms with van der Waals surface area (Å²) in [4.78, 5) is 4.16. The average Bonchev–Trinajstić information content (AvgIpc) is 2.60. The Kier molecular flexibility index (Phi) is 5.82. The van der Waals surface area contributed by atoms with Gasteiger partial charge in [0.1, 0.15) is 11.5 Å². The molecular formula is C17H21N3O3. The standard InChI is InChI=1S/C17H21N3O3/c1-22-13-7-5-6-12(10-13)15(21)11-19-17(18)20-14-8-3-4-9-16(14)23-2/h3-10,15,21H,11H2,1-2H3,(H3,18,19,20). The van der Waals surface area contributed by atoms with Gasteiger partial charge in [-0.1, -0.05) is 24.3 Å². The highest BCUT2D eigenvalue weighted by Crippen LogP contribution is 2.23. The first kappa shape index (κ1) is 16.6. The number of aliphatic hydroxyl groups is 1. The van der Waals surface area contributed by atoms with Gasteiger partial charge in [-0.05, 0) is 29.8 Å². The number of nitrogens with zero attached hydrogens (tertiary/aromatic N) is 1. The molecule has 4 N–H and O–H groups in total. The number of benzene rings is 2.